The van der Waals surface area contributed by atoms with Crippen molar-refractivity contribution >= 4 is 11.2 Å². The zero-order chi connectivity index (χ0) is 22.8. The van der Waals surface area contributed by atoms with Crippen molar-refractivity contribution in [2.45, 2.75) is 38.9 Å². The minimum atomic E-state index is -0.199. The molecule has 2 N–H and O–H groups in total. The smallest absolute Gasteiger partial charge is 0.246 e. The number of rotatable bonds is 9. The van der Waals surface area contributed by atoms with Gasteiger partial charge in [0.05, 0.1) is 0 Å². The molecule has 1 aromatic carbocycles. The Morgan fingerprint density at radius 2 is 1.94 bits per heavy atom. The fourth-order valence-electron chi connectivity index (χ4n) is 3.45. The lowest BCUT2D eigenvalue weighted by Crippen LogP contribution is -2.15. The van der Waals surface area contributed by atoms with Crippen LogP contribution in [0.1, 0.15) is 30.9 Å². The van der Waals surface area contributed by atoms with Crippen LogP contribution in [0.4, 0.5) is 0 Å². The van der Waals surface area contributed by atoms with Crippen LogP contribution in [0, 0.1) is 6.92 Å². The zero-order valence-corrected chi connectivity index (χ0v) is 18.7. The van der Waals surface area contributed by atoms with Crippen LogP contribution in [0.25, 0.3) is 22.6 Å². The van der Waals surface area contributed by atoms with E-state index in [-0.39, 0.29) is 5.60 Å². The average Bonchev–Trinajstić information content (AvgIpc) is 3.43. The molecule has 1 aliphatic carbocycles. The van der Waals surface area contributed by atoms with Gasteiger partial charge in [-0.05, 0) is 37.8 Å². The number of hydrogen-bond acceptors (Lipinski definition) is 8. The molecule has 1 aliphatic rings. The van der Waals surface area contributed by atoms with Gasteiger partial charge < -0.3 is 20.0 Å². The minimum absolute atomic E-state index is 0.199. The van der Waals surface area contributed by atoms with Gasteiger partial charge in [-0.15, -0.1) is 4.73 Å². The first-order valence-corrected chi connectivity index (χ1v) is 11.0. The number of nitrogens with two attached hydrogens (primary N) is 1. The van der Waals surface area contributed by atoms with Crippen molar-refractivity contribution < 1.29 is 14.3 Å². The van der Waals surface area contributed by atoms with Crippen LogP contribution in [-0.4, -0.2) is 43.4 Å². The highest BCUT2D eigenvalue weighted by Crippen LogP contribution is 2.40. The monoisotopic (exact) mass is 446 g/mol. The molecule has 0 bridgehead atoms. The lowest BCUT2D eigenvalue weighted by atomic mass is 10.1. The number of fused-ring (bicyclic) bond motifs is 1. The van der Waals surface area contributed by atoms with Gasteiger partial charge in [0.1, 0.15) is 25.1 Å². The zero-order valence-electron chi connectivity index (χ0n) is 18.7. The normalized spacial score (nSPS) is 14.3. The minimum Gasteiger partial charge on any atom is -0.476 e. The van der Waals surface area contributed by atoms with E-state index in [0.717, 1.165) is 29.5 Å². The molecule has 1 saturated carbocycles. The van der Waals surface area contributed by atoms with Gasteiger partial charge in [-0.1, -0.05) is 30.3 Å². The third-order valence-corrected chi connectivity index (χ3v) is 5.57. The third-order valence-electron chi connectivity index (χ3n) is 5.57. The Balaban J connectivity index is 1.57. The van der Waals surface area contributed by atoms with Gasteiger partial charge >= 0.3 is 0 Å². The predicted molar refractivity (Wildman–Crippen MR) is 123 cm³/mol. The van der Waals surface area contributed by atoms with Crippen LogP contribution in [0.3, 0.4) is 0 Å². The second kappa shape index (κ2) is 8.67. The molecule has 0 aliphatic heterocycles. The summed E-state index contributed by atoms with van der Waals surface area (Å²) in [5, 5.41) is 0. The maximum atomic E-state index is 6.21. The molecule has 0 unspecified atom stereocenters. The fraction of sp³-hybridized carbons (Fsp3) is 0.333. The molecule has 1 fully saturated rings. The lowest BCUT2D eigenvalue weighted by Gasteiger charge is -2.13. The number of imidazole rings is 1. The molecule has 33 heavy (non-hydrogen) atoms. The molecule has 4 aromatic rings. The molecular formula is C24H26N6O3. The number of pyridine rings is 1. The van der Waals surface area contributed by atoms with Crippen molar-refractivity contribution in [2.24, 2.45) is 5.73 Å². The molecule has 170 valence electrons. The highest BCUT2D eigenvalue weighted by molar-refractivity contribution is 5.81. The molecule has 0 amide bonds. The van der Waals surface area contributed by atoms with Crippen LogP contribution in [0.2, 0.25) is 0 Å². The summed E-state index contributed by atoms with van der Waals surface area (Å²) in [7, 11) is 0. The predicted octanol–water partition coefficient (Wildman–Crippen LogP) is 3.09. The van der Waals surface area contributed by atoms with E-state index in [1.807, 2.05) is 43.3 Å². The van der Waals surface area contributed by atoms with Crippen molar-refractivity contribution in [3.63, 3.8) is 0 Å². The van der Waals surface area contributed by atoms with Crippen molar-refractivity contribution in [3.8, 4) is 23.1 Å². The molecular weight excluding hydrogens is 420 g/mol. The Hall–Kier alpha value is -3.72. The number of aromatic nitrogens is 5. The Morgan fingerprint density at radius 3 is 2.67 bits per heavy atom. The molecule has 3 heterocycles. The summed E-state index contributed by atoms with van der Waals surface area (Å²) in [5.74, 6) is 1.54. The lowest BCUT2D eigenvalue weighted by molar-refractivity contribution is 0.108. The first-order chi connectivity index (χ1) is 16.1. The van der Waals surface area contributed by atoms with Crippen molar-refractivity contribution in [2.75, 3.05) is 13.2 Å². The Bertz CT molecular complexity index is 1270. The summed E-state index contributed by atoms with van der Waals surface area (Å²) in [6, 6.07) is 11.8. The van der Waals surface area contributed by atoms with E-state index in [4.69, 9.17) is 25.0 Å². The molecule has 3 aromatic heterocycles. The molecule has 0 saturated heterocycles. The maximum absolute atomic E-state index is 6.21. The largest absolute Gasteiger partial charge is 0.476 e. The summed E-state index contributed by atoms with van der Waals surface area (Å²) < 4.78 is 13.4. The summed E-state index contributed by atoms with van der Waals surface area (Å²) in [6.45, 7) is 5.22. The number of aryl methyl sites for hydroxylation is 1. The highest BCUT2D eigenvalue weighted by atomic mass is 16.7. The Morgan fingerprint density at radius 1 is 1.12 bits per heavy atom. The van der Waals surface area contributed by atoms with Gasteiger partial charge in [0.2, 0.25) is 17.4 Å². The summed E-state index contributed by atoms with van der Waals surface area (Å²) >= 11 is 0. The highest BCUT2D eigenvalue weighted by Gasteiger charge is 2.41. The van der Waals surface area contributed by atoms with E-state index >= 15 is 0 Å². The van der Waals surface area contributed by atoms with Crippen LogP contribution >= 0.6 is 0 Å². The van der Waals surface area contributed by atoms with Crippen LogP contribution in [-0.2, 0) is 6.61 Å². The molecule has 0 atom stereocenters. The van der Waals surface area contributed by atoms with Gasteiger partial charge in [0.25, 0.3) is 0 Å². The fourth-order valence-corrected chi connectivity index (χ4v) is 3.45. The Kier molecular flexibility index (Phi) is 5.55. The van der Waals surface area contributed by atoms with Crippen molar-refractivity contribution in [1.82, 2.24) is 24.7 Å². The number of ether oxygens (including phenoxy) is 2. The Labute approximate surface area is 191 Å². The number of hydrogen-bond donors (Lipinski definition) is 1. The van der Waals surface area contributed by atoms with Crippen LogP contribution < -0.4 is 20.0 Å². The second-order valence-corrected chi connectivity index (χ2v) is 8.37. The first kappa shape index (κ1) is 21.1. The topological polar surface area (TPSA) is 110 Å². The average molecular weight is 447 g/mol. The van der Waals surface area contributed by atoms with Crippen LogP contribution in [0.15, 0.2) is 48.9 Å². The standard InChI is InChI=1S/C24H26N6O3/c1-16-12-19(31-11-10-25)26-13-18(16)21-29-20-22(27-15-28-23(20)33-24(2)8-9-24)30(21)32-14-17-6-4-3-5-7-17/h3-7,12-13,15H,8-11,14,25H2,1-2H3. The molecule has 5 rings (SSSR count). The van der Waals surface area contributed by atoms with Gasteiger partial charge in [0.15, 0.2) is 11.3 Å². The SMILES string of the molecule is Cc1cc(OCCN)ncc1-c1nc2c(OC3(C)CC3)ncnc2n1OCc1ccccc1. The van der Waals surface area contributed by atoms with Crippen molar-refractivity contribution in [1.29, 1.82) is 0 Å². The van der Waals surface area contributed by atoms with Crippen molar-refractivity contribution in [3.05, 3.63) is 60.0 Å². The first-order valence-electron chi connectivity index (χ1n) is 11.0. The van der Waals surface area contributed by atoms with Gasteiger partial charge in [-0.3, -0.25) is 0 Å². The van der Waals surface area contributed by atoms with Gasteiger partial charge in [-0.2, -0.15) is 4.98 Å². The number of benzene rings is 1. The van der Waals surface area contributed by atoms with Gasteiger partial charge in [-0.25, -0.2) is 15.0 Å². The molecule has 9 nitrogen and oxygen atoms in total. The second-order valence-electron chi connectivity index (χ2n) is 8.37. The summed E-state index contributed by atoms with van der Waals surface area (Å²) in [4.78, 5) is 24.3. The quantitative estimate of drug-likeness (QED) is 0.418. The van der Waals surface area contributed by atoms with Crippen LogP contribution in [0.5, 0.6) is 11.8 Å². The van der Waals surface area contributed by atoms with Gasteiger partial charge in [0, 0.05) is 24.4 Å². The molecule has 9 heteroatoms. The maximum Gasteiger partial charge on any atom is 0.246 e. The van der Waals surface area contributed by atoms with E-state index in [2.05, 4.69) is 21.9 Å². The van der Waals surface area contributed by atoms with E-state index in [0.29, 0.717) is 48.5 Å². The summed E-state index contributed by atoms with van der Waals surface area (Å²) in [6.07, 6.45) is 5.18. The number of nitrogens with zero attached hydrogens (tertiary/aromatic N) is 5. The van der Waals surface area contributed by atoms with E-state index in [1.165, 1.54) is 6.33 Å². The third kappa shape index (κ3) is 4.45. The van der Waals surface area contributed by atoms with E-state index in [1.54, 1.807) is 10.9 Å². The summed E-state index contributed by atoms with van der Waals surface area (Å²) in [5.41, 5.74) is 9.19. The molecule has 0 spiro atoms. The van der Waals surface area contributed by atoms with E-state index in [9.17, 15) is 0 Å². The van der Waals surface area contributed by atoms with E-state index < -0.39 is 0 Å². The molecule has 0 radical (unpaired) electrons.